The molecular weight excluding hydrogens is 338 g/mol. The van der Waals surface area contributed by atoms with Gasteiger partial charge in [-0.05, 0) is 12.1 Å². The molecule has 2 amide bonds. The van der Waals surface area contributed by atoms with Crippen molar-refractivity contribution >= 4 is 17.5 Å². The van der Waals surface area contributed by atoms with E-state index in [2.05, 4.69) is 10.1 Å². The number of morpholine rings is 1. The van der Waals surface area contributed by atoms with Gasteiger partial charge in [-0.25, -0.2) is 0 Å². The van der Waals surface area contributed by atoms with Crippen LogP contribution in [0.2, 0.25) is 0 Å². The van der Waals surface area contributed by atoms with Crippen molar-refractivity contribution in [1.29, 1.82) is 0 Å². The highest BCUT2D eigenvalue weighted by Gasteiger charge is 2.44. The minimum atomic E-state index is -0.761. The van der Waals surface area contributed by atoms with E-state index in [0.29, 0.717) is 44.2 Å². The van der Waals surface area contributed by atoms with Crippen LogP contribution in [0.3, 0.4) is 0 Å². The van der Waals surface area contributed by atoms with Crippen molar-refractivity contribution in [2.24, 2.45) is 7.05 Å². The quantitative estimate of drug-likeness (QED) is 0.816. The highest BCUT2D eigenvalue weighted by atomic mass is 16.6. The number of nitrogens with one attached hydrogen (secondary N) is 1. The Morgan fingerprint density at radius 3 is 3.00 bits per heavy atom. The summed E-state index contributed by atoms with van der Waals surface area (Å²) in [6, 6.07) is 3.53. The second-order valence-corrected chi connectivity index (χ2v) is 6.69. The van der Waals surface area contributed by atoms with Gasteiger partial charge in [-0.15, -0.1) is 0 Å². The molecule has 0 aromatic carbocycles. The van der Waals surface area contributed by atoms with Crippen LogP contribution in [0.25, 0.3) is 0 Å². The lowest BCUT2D eigenvalue weighted by atomic mass is 10.0. The zero-order valence-corrected chi connectivity index (χ0v) is 14.6. The number of hydrogen-bond acceptors (Lipinski definition) is 5. The summed E-state index contributed by atoms with van der Waals surface area (Å²) in [6.07, 6.45) is 5.16. The predicted molar refractivity (Wildman–Crippen MR) is 91.8 cm³/mol. The van der Waals surface area contributed by atoms with Crippen molar-refractivity contribution in [3.05, 3.63) is 36.4 Å². The van der Waals surface area contributed by atoms with E-state index in [1.54, 1.807) is 52.3 Å². The minimum absolute atomic E-state index is 0.0528. The predicted octanol–water partition coefficient (Wildman–Crippen LogP) is 0.0228. The molecule has 2 fully saturated rings. The van der Waals surface area contributed by atoms with E-state index in [0.717, 1.165) is 0 Å². The van der Waals surface area contributed by atoms with E-state index < -0.39 is 5.60 Å². The molecular formula is C17H21N5O4. The number of H-pyrrole nitrogens is 1. The second-order valence-electron chi connectivity index (χ2n) is 6.69. The Balaban J connectivity index is 1.57. The molecule has 138 valence electrons. The zero-order valence-electron chi connectivity index (χ0n) is 14.6. The van der Waals surface area contributed by atoms with Gasteiger partial charge in [0.15, 0.2) is 0 Å². The largest absolute Gasteiger partial charge is 0.376 e. The number of rotatable bonds is 2. The summed E-state index contributed by atoms with van der Waals surface area (Å²) in [6.45, 7) is 1.84. The summed E-state index contributed by atoms with van der Waals surface area (Å²) in [7, 11) is 1.80. The van der Waals surface area contributed by atoms with Crippen LogP contribution in [-0.4, -0.2) is 76.5 Å². The molecule has 2 saturated heterocycles. The summed E-state index contributed by atoms with van der Waals surface area (Å²) in [5.41, 5.74) is 0.479. The second kappa shape index (κ2) is 6.58. The molecule has 4 heterocycles. The van der Waals surface area contributed by atoms with E-state index in [-0.39, 0.29) is 18.4 Å². The molecule has 0 saturated carbocycles. The maximum atomic E-state index is 12.7. The van der Waals surface area contributed by atoms with Gasteiger partial charge >= 0.3 is 0 Å². The Kier molecular flexibility index (Phi) is 4.25. The number of aryl methyl sites for hydroxylation is 1. The van der Waals surface area contributed by atoms with Crippen molar-refractivity contribution in [2.75, 3.05) is 44.4 Å². The van der Waals surface area contributed by atoms with Crippen LogP contribution in [0, 0.1) is 0 Å². The van der Waals surface area contributed by atoms with Gasteiger partial charge in [0, 0.05) is 26.0 Å². The summed E-state index contributed by atoms with van der Waals surface area (Å²) < 4.78 is 13.3. The standard InChI is InChI=1S/C17H21N5O4/c1-20-8-13(7-19-20)22-11-17(26-9-15(22)23)10-21(5-6-25-12-17)16(24)14-3-2-4-18-14/h2-4,7-8,18H,5-6,9-12H2,1H3/t17-/m0/s1. The summed E-state index contributed by atoms with van der Waals surface area (Å²) >= 11 is 0. The highest BCUT2D eigenvalue weighted by molar-refractivity contribution is 5.95. The number of carbonyl (C=O) groups is 2. The van der Waals surface area contributed by atoms with Crippen LogP contribution in [-0.2, 0) is 21.3 Å². The average Bonchev–Trinajstić information content (AvgIpc) is 3.27. The Bertz CT molecular complexity index is 802. The molecule has 1 spiro atoms. The number of ether oxygens (including phenoxy) is 2. The Morgan fingerprint density at radius 2 is 2.27 bits per heavy atom. The average molecular weight is 359 g/mol. The van der Waals surface area contributed by atoms with Crippen LogP contribution in [0.4, 0.5) is 5.69 Å². The van der Waals surface area contributed by atoms with Gasteiger partial charge in [0.1, 0.15) is 17.9 Å². The molecule has 2 aliphatic rings. The molecule has 9 nitrogen and oxygen atoms in total. The molecule has 2 aromatic heterocycles. The molecule has 0 bridgehead atoms. The fourth-order valence-corrected chi connectivity index (χ4v) is 3.39. The third-order valence-electron chi connectivity index (χ3n) is 4.72. The zero-order chi connectivity index (χ0) is 18.1. The maximum absolute atomic E-state index is 12.7. The van der Waals surface area contributed by atoms with Crippen molar-refractivity contribution in [2.45, 2.75) is 5.60 Å². The van der Waals surface area contributed by atoms with E-state index in [1.807, 2.05) is 0 Å². The smallest absolute Gasteiger partial charge is 0.270 e. The Labute approximate surface area is 150 Å². The first-order chi connectivity index (χ1) is 12.6. The maximum Gasteiger partial charge on any atom is 0.270 e. The van der Waals surface area contributed by atoms with Gasteiger partial charge in [0.2, 0.25) is 0 Å². The molecule has 2 aliphatic heterocycles. The summed E-state index contributed by atoms with van der Waals surface area (Å²) in [5, 5.41) is 4.14. The normalized spacial score (nSPS) is 24.1. The fraction of sp³-hybridized carbons (Fsp3) is 0.471. The number of anilines is 1. The van der Waals surface area contributed by atoms with Gasteiger partial charge < -0.3 is 24.3 Å². The lowest BCUT2D eigenvalue weighted by molar-refractivity contribution is -0.145. The van der Waals surface area contributed by atoms with Gasteiger partial charge in [0.25, 0.3) is 11.8 Å². The van der Waals surface area contributed by atoms with Gasteiger partial charge in [-0.3, -0.25) is 14.3 Å². The minimum Gasteiger partial charge on any atom is -0.376 e. The van der Waals surface area contributed by atoms with Crippen molar-refractivity contribution in [3.8, 4) is 0 Å². The van der Waals surface area contributed by atoms with E-state index in [1.165, 1.54) is 0 Å². The van der Waals surface area contributed by atoms with Crippen molar-refractivity contribution < 1.29 is 19.1 Å². The first-order valence-electron chi connectivity index (χ1n) is 8.50. The van der Waals surface area contributed by atoms with E-state index in [4.69, 9.17) is 9.47 Å². The molecule has 0 aliphatic carbocycles. The third-order valence-corrected chi connectivity index (χ3v) is 4.72. The van der Waals surface area contributed by atoms with Crippen molar-refractivity contribution in [1.82, 2.24) is 19.7 Å². The van der Waals surface area contributed by atoms with Crippen LogP contribution < -0.4 is 4.90 Å². The molecule has 0 radical (unpaired) electrons. The molecule has 1 N–H and O–H groups in total. The monoisotopic (exact) mass is 359 g/mol. The third kappa shape index (κ3) is 3.11. The molecule has 4 rings (SSSR count). The molecule has 2 aromatic rings. The lowest BCUT2D eigenvalue weighted by Gasteiger charge is -2.42. The van der Waals surface area contributed by atoms with Crippen LogP contribution in [0.15, 0.2) is 30.7 Å². The highest BCUT2D eigenvalue weighted by Crippen LogP contribution is 2.27. The first-order valence-corrected chi connectivity index (χ1v) is 8.50. The number of nitrogens with zero attached hydrogens (tertiary/aromatic N) is 4. The SMILES string of the molecule is Cn1cc(N2C[C@@]3(COCCN(C(=O)c4ccc[nH]4)C3)OCC2=O)cn1. The molecule has 26 heavy (non-hydrogen) atoms. The number of carbonyl (C=O) groups excluding carboxylic acids is 2. The Hall–Kier alpha value is -2.65. The molecule has 1 atom stereocenters. The molecule has 9 heteroatoms. The number of amides is 2. The lowest BCUT2D eigenvalue weighted by Crippen LogP contribution is -2.61. The van der Waals surface area contributed by atoms with Gasteiger partial charge in [-0.1, -0.05) is 0 Å². The van der Waals surface area contributed by atoms with Crippen molar-refractivity contribution in [3.63, 3.8) is 0 Å². The number of hydrogen-bond donors (Lipinski definition) is 1. The van der Waals surface area contributed by atoms with E-state index in [9.17, 15) is 9.59 Å². The van der Waals surface area contributed by atoms with Gasteiger partial charge in [-0.2, -0.15) is 5.10 Å². The topological polar surface area (TPSA) is 92.7 Å². The molecule has 0 unspecified atom stereocenters. The number of aromatic amines is 1. The van der Waals surface area contributed by atoms with E-state index >= 15 is 0 Å². The fourth-order valence-electron chi connectivity index (χ4n) is 3.39. The Morgan fingerprint density at radius 1 is 1.38 bits per heavy atom. The van der Waals surface area contributed by atoms with Crippen LogP contribution in [0.5, 0.6) is 0 Å². The first kappa shape index (κ1) is 16.8. The summed E-state index contributed by atoms with van der Waals surface area (Å²) in [4.78, 5) is 31.4. The summed E-state index contributed by atoms with van der Waals surface area (Å²) in [5.74, 6) is -0.233. The van der Waals surface area contributed by atoms with Crippen LogP contribution in [0.1, 0.15) is 10.5 Å². The number of aromatic nitrogens is 3. The van der Waals surface area contributed by atoms with Crippen LogP contribution >= 0.6 is 0 Å². The van der Waals surface area contributed by atoms with Gasteiger partial charge in [0.05, 0.1) is 38.2 Å².